The lowest BCUT2D eigenvalue weighted by atomic mass is 10.2. The fraction of sp³-hybridized carbons (Fsp3) is 0.200. The van der Waals surface area contributed by atoms with Crippen LogP contribution in [0, 0.1) is 23.2 Å². The normalized spacial score (nSPS) is 7.93. The number of hydrogen-bond donors (Lipinski definition) is 0. The maximum absolute atomic E-state index is 8.62. The first kappa shape index (κ1) is 10.6. The average molecular weight is 197 g/mol. The van der Waals surface area contributed by atoms with Gasteiger partial charge in [-0.05, 0) is 23.6 Å². The van der Waals surface area contributed by atoms with Crippen molar-refractivity contribution in [3.05, 3.63) is 40.0 Å². The highest BCUT2D eigenvalue weighted by molar-refractivity contribution is 5.36. The van der Waals surface area contributed by atoms with Crippen LogP contribution < -0.4 is 0 Å². The van der Waals surface area contributed by atoms with E-state index in [9.17, 15) is 0 Å². The van der Waals surface area contributed by atoms with Crippen LogP contribution in [-0.2, 0) is 0 Å². The molecule has 0 N–H and O–H groups in total. The third-order valence-corrected chi connectivity index (χ3v) is 1.51. The molecule has 1 rings (SSSR count). The molecule has 0 bridgehead atoms. The first-order chi connectivity index (χ1) is 7.36. The standard InChI is InChI=1S/C10H7N5/c11-8-9-4-6-13-10(7-9)3-1-2-5-14-15-12/h4,6-7H,2,5H2. The zero-order valence-electron chi connectivity index (χ0n) is 7.88. The molecular formula is C10H7N5. The second kappa shape index (κ2) is 6.04. The van der Waals surface area contributed by atoms with Gasteiger partial charge in [0.15, 0.2) is 0 Å². The Bertz CT molecular complexity index is 483. The van der Waals surface area contributed by atoms with Crippen molar-refractivity contribution in [1.82, 2.24) is 4.98 Å². The van der Waals surface area contributed by atoms with E-state index < -0.39 is 0 Å². The third-order valence-electron chi connectivity index (χ3n) is 1.51. The summed E-state index contributed by atoms with van der Waals surface area (Å²) in [6.07, 6.45) is 2.03. The quantitative estimate of drug-likeness (QED) is 0.239. The molecule has 0 amide bonds. The summed E-state index contributed by atoms with van der Waals surface area (Å²) in [5.74, 6) is 5.58. The van der Waals surface area contributed by atoms with Crippen LogP contribution in [0.3, 0.4) is 0 Å². The smallest absolute Gasteiger partial charge is 0.114 e. The summed E-state index contributed by atoms with van der Waals surface area (Å²) in [7, 11) is 0. The van der Waals surface area contributed by atoms with Gasteiger partial charge in [-0.1, -0.05) is 11.0 Å². The summed E-state index contributed by atoms with van der Waals surface area (Å²) in [6.45, 7) is 0.349. The first-order valence-corrected chi connectivity index (χ1v) is 4.22. The average Bonchev–Trinajstić information content (AvgIpc) is 2.29. The Morgan fingerprint density at radius 1 is 1.60 bits per heavy atom. The van der Waals surface area contributed by atoms with Crippen molar-refractivity contribution in [3.8, 4) is 17.9 Å². The Labute approximate surface area is 87.0 Å². The molecule has 0 aliphatic rings. The fourth-order valence-electron chi connectivity index (χ4n) is 0.872. The van der Waals surface area contributed by atoms with Gasteiger partial charge >= 0.3 is 0 Å². The molecule has 0 atom stereocenters. The zero-order valence-corrected chi connectivity index (χ0v) is 7.88. The molecule has 0 radical (unpaired) electrons. The minimum atomic E-state index is 0.349. The van der Waals surface area contributed by atoms with Crippen LogP contribution in [0.1, 0.15) is 17.7 Å². The van der Waals surface area contributed by atoms with Crippen molar-refractivity contribution in [2.45, 2.75) is 6.42 Å². The molecule has 1 aromatic heterocycles. The summed E-state index contributed by atoms with van der Waals surface area (Å²) in [5, 5.41) is 12.0. The van der Waals surface area contributed by atoms with E-state index in [0.29, 0.717) is 24.2 Å². The molecule has 0 aliphatic heterocycles. The molecule has 0 saturated carbocycles. The predicted molar refractivity (Wildman–Crippen MR) is 54.5 cm³/mol. The molecule has 5 heteroatoms. The summed E-state index contributed by atoms with van der Waals surface area (Å²) < 4.78 is 0. The van der Waals surface area contributed by atoms with Gasteiger partial charge < -0.3 is 0 Å². The van der Waals surface area contributed by atoms with E-state index in [1.54, 1.807) is 12.1 Å². The van der Waals surface area contributed by atoms with Gasteiger partial charge in [-0.3, -0.25) is 0 Å². The highest BCUT2D eigenvalue weighted by atomic mass is 15.1. The largest absolute Gasteiger partial charge is 0.248 e. The molecule has 0 unspecified atom stereocenters. The predicted octanol–water partition coefficient (Wildman–Crippen LogP) is 2.01. The van der Waals surface area contributed by atoms with Gasteiger partial charge in [0.05, 0.1) is 11.6 Å². The molecule has 0 fully saturated rings. The van der Waals surface area contributed by atoms with Gasteiger partial charge in [-0.15, -0.1) is 0 Å². The fourth-order valence-corrected chi connectivity index (χ4v) is 0.872. The van der Waals surface area contributed by atoms with Crippen molar-refractivity contribution in [1.29, 1.82) is 5.26 Å². The topological polar surface area (TPSA) is 85.4 Å². The van der Waals surface area contributed by atoms with Crippen LogP contribution in [0.2, 0.25) is 0 Å². The summed E-state index contributed by atoms with van der Waals surface area (Å²) in [5.41, 5.74) is 9.10. The second-order valence-electron chi connectivity index (χ2n) is 2.55. The summed E-state index contributed by atoms with van der Waals surface area (Å²) in [6, 6.07) is 5.23. The SMILES string of the molecule is N#Cc1ccnc(C#CCCN=[N+]=[N-])c1. The van der Waals surface area contributed by atoms with E-state index in [1.165, 1.54) is 6.20 Å². The Kier molecular flexibility index (Phi) is 4.26. The van der Waals surface area contributed by atoms with E-state index in [-0.39, 0.29) is 0 Å². The highest BCUT2D eigenvalue weighted by Gasteiger charge is 1.91. The van der Waals surface area contributed by atoms with Crippen molar-refractivity contribution < 1.29 is 0 Å². The lowest BCUT2D eigenvalue weighted by Crippen LogP contribution is -1.83. The Balaban J connectivity index is 2.64. The molecular weight excluding hydrogens is 190 g/mol. The Hall–Kier alpha value is -2.49. The number of nitriles is 1. The van der Waals surface area contributed by atoms with Gasteiger partial charge in [0.2, 0.25) is 0 Å². The molecule has 15 heavy (non-hydrogen) atoms. The van der Waals surface area contributed by atoms with Gasteiger partial charge in [-0.2, -0.15) is 5.26 Å². The second-order valence-corrected chi connectivity index (χ2v) is 2.55. The molecule has 72 valence electrons. The van der Waals surface area contributed by atoms with E-state index >= 15 is 0 Å². The van der Waals surface area contributed by atoms with Crippen LogP contribution >= 0.6 is 0 Å². The molecule has 5 nitrogen and oxygen atoms in total. The van der Waals surface area contributed by atoms with Crippen LogP contribution in [0.4, 0.5) is 0 Å². The molecule has 1 heterocycles. The lowest BCUT2D eigenvalue weighted by molar-refractivity contribution is 1.01. The maximum atomic E-state index is 8.62. The summed E-state index contributed by atoms with van der Waals surface area (Å²) in [4.78, 5) is 6.58. The minimum absolute atomic E-state index is 0.349. The third kappa shape index (κ3) is 3.82. The van der Waals surface area contributed by atoms with E-state index in [4.69, 9.17) is 10.8 Å². The number of aromatic nitrogens is 1. The maximum Gasteiger partial charge on any atom is 0.114 e. The number of azide groups is 1. The molecule has 0 aromatic carbocycles. The first-order valence-electron chi connectivity index (χ1n) is 4.22. The van der Waals surface area contributed by atoms with E-state index in [1.807, 2.05) is 6.07 Å². The summed E-state index contributed by atoms with van der Waals surface area (Å²) >= 11 is 0. The van der Waals surface area contributed by atoms with Crippen LogP contribution in [0.5, 0.6) is 0 Å². The Morgan fingerprint density at radius 2 is 2.47 bits per heavy atom. The number of hydrogen-bond acceptors (Lipinski definition) is 3. The van der Waals surface area contributed by atoms with Crippen LogP contribution in [-0.4, -0.2) is 11.5 Å². The lowest BCUT2D eigenvalue weighted by Gasteiger charge is -1.89. The molecule has 1 aromatic rings. The van der Waals surface area contributed by atoms with Crippen LogP contribution in [0.15, 0.2) is 23.4 Å². The minimum Gasteiger partial charge on any atom is -0.248 e. The van der Waals surface area contributed by atoms with Gasteiger partial charge in [0.25, 0.3) is 0 Å². The van der Waals surface area contributed by atoms with Gasteiger partial charge in [0, 0.05) is 24.1 Å². The molecule has 0 saturated heterocycles. The highest BCUT2D eigenvalue weighted by Crippen LogP contribution is 1.98. The number of rotatable bonds is 2. The van der Waals surface area contributed by atoms with Crippen molar-refractivity contribution >= 4 is 0 Å². The molecule has 0 aliphatic carbocycles. The number of pyridine rings is 1. The Morgan fingerprint density at radius 3 is 3.20 bits per heavy atom. The van der Waals surface area contributed by atoms with Crippen molar-refractivity contribution in [3.63, 3.8) is 0 Å². The van der Waals surface area contributed by atoms with Gasteiger partial charge in [0.1, 0.15) is 5.69 Å². The van der Waals surface area contributed by atoms with Gasteiger partial charge in [-0.25, -0.2) is 4.98 Å². The van der Waals surface area contributed by atoms with E-state index in [0.717, 1.165) is 0 Å². The molecule has 0 spiro atoms. The monoisotopic (exact) mass is 197 g/mol. The van der Waals surface area contributed by atoms with E-state index in [2.05, 4.69) is 26.9 Å². The zero-order chi connectivity index (χ0) is 10.9. The van der Waals surface area contributed by atoms with Crippen molar-refractivity contribution in [2.75, 3.05) is 6.54 Å². The number of nitrogens with zero attached hydrogens (tertiary/aromatic N) is 5. The van der Waals surface area contributed by atoms with Crippen molar-refractivity contribution in [2.24, 2.45) is 5.11 Å². The van der Waals surface area contributed by atoms with Crippen LogP contribution in [0.25, 0.3) is 10.4 Å².